The van der Waals surface area contributed by atoms with E-state index in [2.05, 4.69) is 36.5 Å². The zero-order valence-corrected chi connectivity index (χ0v) is 16.8. The number of benzene rings is 1. The molecule has 2 fully saturated rings. The number of nitrogens with zero attached hydrogens (tertiary/aromatic N) is 1. The van der Waals surface area contributed by atoms with Gasteiger partial charge in [0.2, 0.25) is 0 Å². The standard InChI is InChI=1S/C20H26N2O2S2/c1-2-16-5-7-17(8-6-16)19-20(9-12-21-19)10-13-22(14-11-20)26(23,24)18-4-3-15-25-18/h3-8,15,19,21H,2,9-14H2,1H3. The van der Waals surface area contributed by atoms with Crippen molar-refractivity contribution < 1.29 is 8.42 Å². The van der Waals surface area contributed by atoms with Gasteiger partial charge in [0.05, 0.1) is 0 Å². The molecule has 0 saturated carbocycles. The molecule has 1 unspecified atom stereocenters. The van der Waals surface area contributed by atoms with Crippen LogP contribution in [0.5, 0.6) is 0 Å². The molecule has 1 aromatic heterocycles. The Hall–Kier alpha value is -1.21. The summed E-state index contributed by atoms with van der Waals surface area (Å²) in [5.41, 5.74) is 2.88. The second kappa shape index (κ2) is 7.08. The van der Waals surface area contributed by atoms with Crippen LogP contribution in [0.3, 0.4) is 0 Å². The van der Waals surface area contributed by atoms with Gasteiger partial charge >= 0.3 is 0 Å². The summed E-state index contributed by atoms with van der Waals surface area (Å²) in [6, 6.07) is 12.8. The van der Waals surface area contributed by atoms with Gasteiger partial charge < -0.3 is 5.32 Å². The lowest BCUT2D eigenvalue weighted by Gasteiger charge is -2.42. The van der Waals surface area contributed by atoms with Gasteiger partial charge in [-0.25, -0.2) is 8.42 Å². The number of aryl methyl sites for hydroxylation is 1. The Bertz CT molecular complexity index is 836. The minimum absolute atomic E-state index is 0.176. The van der Waals surface area contributed by atoms with Gasteiger partial charge in [-0.1, -0.05) is 37.3 Å². The first-order valence-electron chi connectivity index (χ1n) is 9.41. The van der Waals surface area contributed by atoms with Crippen molar-refractivity contribution in [2.75, 3.05) is 19.6 Å². The quantitative estimate of drug-likeness (QED) is 0.863. The maximum absolute atomic E-state index is 12.8. The highest BCUT2D eigenvalue weighted by Crippen LogP contribution is 2.49. The minimum Gasteiger partial charge on any atom is -0.309 e. The molecular weight excluding hydrogens is 364 g/mol. The monoisotopic (exact) mass is 390 g/mol. The third kappa shape index (κ3) is 3.13. The normalized spacial score (nSPS) is 23.5. The van der Waals surface area contributed by atoms with Gasteiger partial charge in [-0.15, -0.1) is 11.3 Å². The molecule has 1 aromatic carbocycles. The van der Waals surface area contributed by atoms with Gasteiger partial charge in [0.15, 0.2) is 0 Å². The average Bonchev–Trinajstić information content (AvgIpc) is 3.33. The Morgan fingerprint density at radius 1 is 1.15 bits per heavy atom. The zero-order valence-electron chi connectivity index (χ0n) is 15.1. The largest absolute Gasteiger partial charge is 0.309 e. The number of hydrogen-bond acceptors (Lipinski definition) is 4. The molecule has 0 aliphatic carbocycles. The van der Waals surface area contributed by atoms with Crippen LogP contribution in [-0.4, -0.2) is 32.4 Å². The molecule has 4 nitrogen and oxygen atoms in total. The van der Waals surface area contributed by atoms with E-state index >= 15 is 0 Å². The summed E-state index contributed by atoms with van der Waals surface area (Å²) in [5, 5.41) is 5.51. The average molecular weight is 391 g/mol. The molecule has 1 spiro atoms. The van der Waals surface area contributed by atoms with Crippen molar-refractivity contribution in [3.05, 3.63) is 52.9 Å². The lowest BCUT2D eigenvalue weighted by atomic mass is 9.71. The predicted octanol–water partition coefficient (Wildman–Crippen LogP) is 3.82. The van der Waals surface area contributed by atoms with E-state index in [1.807, 2.05) is 5.38 Å². The summed E-state index contributed by atoms with van der Waals surface area (Å²) in [4.78, 5) is 0. The van der Waals surface area contributed by atoms with E-state index < -0.39 is 10.0 Å². The molecular formula is C20H26N2O2S2. The van der Waals surface area contributed by atoms with Crippen LogP contribution in [0, 0.1) is 5.41 Å². The van der Waals surface area contributed by atoms with Gasteiger partial charge in [-0.05, 0) is 60.2 Å². The number of hydrogen-bond donors (Lipinski definition) is 1. The van der Waals surface area contributed by atoms with Gasteiger partial charge in [0.25, 0.3) is 10.0 Å². The SMILES string of the molecule is CCc1ccc(C2NCCC23CCN(S(=O)(=O)c2cccs2)CC3)cc1. The molecule has 4 rings (SSSR count). The van der Waals surface area contributed by atoms with Crippen LogP contribution in [-0.2, 0) is 16.4 Å². The third-order valence-corrected chi connectivity index (χ3v) is 9.38. The van der Waals surface area contributed by atoms with Gasteiger partial charge in [0.1, 0.15) is 4.21 Å². The fraction of sp³-hybridized carbons (Fsp3) is 0.500. The smallest absolute Gasteiger partial charge is 0.252 e. The van der Waals surface area contributed by atoms with Crippen LogP contribution in [0.25, 0.3) is 0 Å². The summed E-state index contributed by atoms with van der Waals surface area (Å²) < 4.78 is 27.7. The highest BCUT2D eigenvalue weighted by molar-refractivity contribution is 7.91. The van der Waals surface area contributed by atoms with E-state index in [-0.39, 0.29) is 5.41 Å². The highest BCUT2D eigenvalue weighted by Gasteiger charge is 2.47. The first-order valence-corrected chi connectivity index (χ1v) is 11.7. The van der Waals surface area contributed by atoms with Crippen molar-refractivity contribution in [2.24, 2.45) is 5.41 Å². The van der Waals surface area contributed by atoms with Gasteiger partial charge in [0, 0.05) is 19.1 Å². The summed E-state index contributed by atoms with van der Waals surface area (Å²) >= 11 is 1.31. The van der Waals surface area contributed by atoms with Crippen LogP contribution in [0.2, 0.25) is 0 Å². The topological polar surface area (TPSA) is 49.4 Å². The van der Waals surface area contributed by atoms with Crippen molar-refractivity contribution >= 4 is 21.4 Å². The molecule has 0 bridgehead atoms. The molecule has 2 aliphatic heterocycles. The number of piperidine rings is 1. The molecule has 2 aromatic rings. The number of rotatable bonds is 4. The van der Waals surface area contributed by atoms with Crippen LogP contribution in [0.1, 0.15) is 43.4 Å². The van der Waals surface area contributed by atoms with Crippen molar-refractivity contribution in [2.45, 2.75) is 42.9 Å². The Balaban J connectivity index is 1.51. The number of sulfonamides is 1. The second-order valence-corrected chi connectivity index (χ2v) is 10.5. The van der Waals surface area contributed by atoms with Crippen molar-refractivity contribution in [1.82, 2.24) is 9.62 Å². The van der Waals surface area contributed by atoms with E-state index in [1.165, 1.54) is 22.5 Å². The Morgan fingerprint density at radius 2 is 1.88 bits per heavy atom. The Kier molecular flexibility index (Phi) is 4.94. The Labute approximate surface area is 160 Å². The molecule has 6 heteroatoms. The number of nitrogens with one attached hydrogen (secondary N) is 1. The molecule has 1 N–H and O–H groups in total. The Morgan fingerprint density at radius 3 is 2.50 bits per heavy atom. The van der Waals surface area contributed by atoms with E-state index in [0.717, 1.165) is 32.2 Å². The maximum atomic E-state index is 12.8. The summed E-state index contributed by atoms with van der Waals surface area (Å²) in [5.74, 6) is 0. The van der Waals surface area contributed by atoms with E-state index in [9.17, 15) is 8.42 Å². The highest BCUT2D eigenvalue weighted by atomic mass is 32.2. The molecule has 2 saturated heterocycles. The molecule has 0 radical (unpaired) electrons. The first-order chi connectivity index (χ1) is 12.5. The second-order valence-electron chi connectivity index (χ2n) is 7.43. The minimum atomic E-state index is -3.32. The van der Waals surface area contributed by atoms with Gasteiger partial charge in [-0.3, -0.25) is 0 Å². The summed E-state index contributed by atoms with van der Waals surface area (Å²) in [6.45, 7) is 4.42. The first kappa shape index (κ1) is 18.2. The van der Waals surface area contributed by atoms with Crippen LogP contribution < -0.4 is 5.32 Å². The molecule has 0 amide bonds. The van der Waals surface area contributed by atoms with E-state index in [0.29, 0.717) is 23.3 Å². The fourth-order valence-corrected chi connectivity index (χ4v) is 7.08. The van der Waals surface area contributed by atoms with Crippen LogP contribution in [0.4, 0.5) is 0 Å². The summed E-state index contributed by atoms with van der Waals surface area (Å²) in [7, 11) is -3.32. The molecule has 2 aliphatic rings. The predicted molar refractivity (Wildman–Crippen MR) is 106 cm³/mol. The van der Waals surface area contributed by atoms with Gasteiger partial charge in [-0.2, -0.15) is 4.31 Å². The van der Waals surface area contributed by atoms with Crippen molar-refractivity contribution in [1.29, 1.82) is 0 Å². The summed E-state index contributed by atoms with van der Waals surface area (Å²) in [6.07, 6.45) is 4.02. The van der Waals surface area contributed by atoms with Crippen LogP contribution >= 0.6 is 11.3 Å². The lowest BCUT2D eigenvalue weighted by molar-refractivity contribution is 0.135. The molecule has 1 atom stereocenters. The molecule has 3 heterocycles. The van der Waals surface area contributed by atoms with Crippen molar-refractivity contribution in [3.8, 4) is 0 Å². The zero-order chi connectivity index (χ0) is 18.2. The number of thiophene rings is 1. The molecule has 140 valence electrons. The maximum Gasteiger partial charge on any atom is 0.252 e. The van der Waals surface area contributed by atoms with E-state index in [1.54, 1.807) is 16.4 Å². The molecule has 26 heavy (non-hydrogen) atoms. The lowest BCUT2D eigenvalue weighted by Crippen LogP contribution is -2.44. The van der Waals surface area contributed by atoms with Crippen molar-refractivity contribution in [3.63, 3.8) is 0 Å². The van der Waals surface area contributed by atoms with Crippen LogP contribution in [0.15, 0.2) is 46.0 Å². The van der Waals surface area contributed by atoms with E-state index in [4.69, 9.17) is 0 Å². The fourth-order valence-electron chi connectivity index (χ4n) is 4.49. The third-order valence-electron chi connectivity index (χ3n) is 6.11.